The van der Waals surface area contributed by atoms with Crippen molar-refractivity contribution in [1.29, 1.82) is 0 Å². The highest BCUT2D eigenvalue weighted by atomic mass is 14.4. The van der Waals surface area contributed by atoms with Gasteiger partial charge in [0.15, 0.2) is 0 Å². The smallest absolute Gasteiger partial charge is 0.0233 e. The Balaban J connectivity index is 1.29. The van der Waals surface area contributed by atoms with Crippen LogP contribution in [-0.4, -0.2) is 0 Å². The maximum absolute atomic E-state index is 2.50. The summed E-state index contributed by atoms with van der Waals surface area (Å²) in [5, 5.41) is 0. The van der Waals surface area contributed by atoms with E-state index in [-0.39, 0.29) is 0 Å². The van der Waals surface area contributed by atoms with Gasteiger partial charge in [-0.2, -0.15) is 0 Å². The molecule has 120 valence electrons. The highest BCUT2D eigenvalue weighted by Gasteiger charge is 2.33. The van der Waals surface area contributed by atoms with Crippen molar-refractivity contribution in [1.82, 2.24) is 0 Å². The molecule has 3 fully saturated rings. The number of rotatable bonds is 6. The summed E-state index contributed by atoms with van der Waals surface area (Å²) in [5.41, 5.74) is 0. The Morgan fingerprint density at radius 1 is 0.667 bits per heavy atom. The van der Waals surface area contributed by atoms with E-state index in [0.29, 0.717) is 0 Å². The highest BCUT2D eigenvalue weighted by Crippen LogP contribution is 2.46. The Morgan fingerprint density at radius 3 is 1.62 bits per heavy atom. The van der Waals surface area contributed by atoms with E-state index in [2.05, 4.69) is 19.1 Å². The molecule has 0 aromatic carbocycles. The summed E-state index contributed by atoms with van der Waals surface area (Å²) in [6.07, 6.45) is 24.5. The zero-order valence-corrected chi connectivity index (χ0v) is 14.2. The fourth-order valence-electron chi connectivity index (χ4n) is 4.99. The van der Waals surface area contributed by atoms with Crippen LogP contribution in [0.2, 0.25) is 0 Å². The van der Waals surface area contributed by atoms with Gasteiger partial charge in [0.1, 0.15) is 0 Å². The van der Waals surface area contributed by atoms with E-state index in [4.69, 9.17) is 0 Å². The minimum atomic E-state index is 0.912. The van der Waals surface area contributed by atoms with Gasteiger partial charge < -0.3 is 0 Å². The van der Waals surface area contributed by atoms with Gasteiger partial charge in [-0.05, 0) is 87.4 Å². The molecule has 0 aromatic rings. The van der Waals surface area contributed by atoms with Crippen molar-refractivity contribution < 1.29 is 0 Å². The summed E-state index contributed by atoms with van der Waals surface area (Å²) in [5.74, 6) is 5.38. The molecule has 0 atom stereocenters. The van der Waals surface area contributed by atoms with Crippen LogP contribution in [0.1, 0.15) is 90.4 Å². The van der Waals surface area contributed by atoms with E-state index in [1.807, 2.05) is 0 Å². The van der Waals surface area contributed by atoms with Gasteiger partial charge in [0.05, 0.1) is 0 Å². The summed E-state index contributed by atoms with van der Waals surface area (Å²) >= 11 is 0. The standard InChI is InChI=1S/C21H36/c1-2-3-4-17-5-7-18(8-6-17)9-10-19-11-13-20(14-12-19)21-15-16-21/h3-4,17-21H,2,5-16H2,1H3/b4-3+. The Bertz CT molecular complexity index is 309. The zero-order chi connectivity index (χ0) is 14.5. The molecule has 0 amide bonds. The fourth-order valence-corrected chi connectivity index (χ4v) is 4.99. The van der Waals surface area contributed by atoms with Crippen molar-refractivity contribution in [3.63, 3.8) is 0 Å². The average Bonchev–Trinajstić information content (AvgIpc) is 3.37. The summed E-state index contributed by atoms with van der Waals surface area (Å²) in [4.78, 5) is 0. The molecular formula is C21H36. The molecule has 0 unspecified atom stereocenters. The number of hydrogen-bond donors (Lipinski definition) is 0. The van der Waals surface area contributed by atoms with Crippen LogP contribution in [0, 0.1) is 29.6 Å². The third-order valence-corrected chi connectivity index (χ3v) is 6.70. The Kier molecular flexibility index (Phi) is 5.83. The van der Waals surface area contributed by atoms with Crippen molar-refractivity contribution >= 4 is 0 Å². The summed E-state index contributed by atoms with van der Waals surface area (Å²) in [6, 6.07) is 0. The molecule has 0 aliphatic heterocycles. The van der Waals surface area contributed by atoms with Gasteiger partial charge in [0.25, 0.3) is 0 Å². The monoisotopic (exact) mass is 288 g/mol. The fraction of sp³-hybridized carbons (Fsp3) is 0.905. The van der Waals surface area contributed by atoms with E-state index in [9.17, 15) is 0 Å². The molecule has 0 heterocycles. The van der Waals surface area contributed by atoms with Gasteiger partial charge in [-0.15, -0.1) is 0 Å². The van der Waals surface area contributed by atoms with Gasteiger partial charge in [-0.25, -0.2) is 0 Å². The first-order valence-corrected chi connectivity index (χ1v) is 10.0. The van der Waals surface area contributed by atoms with E-state index < -0.39 is 0 Å². The van der Waals surface area contributed by atoms with Crippen LogP contribution < -0.4 is 0 Å². The SMILES string of the molecule is CC/C=C/C1CCC(CCC2CCC(C3CC3)CC2)CC1. The van der Waals surface area contributed by atoms with Gasteiger partial charge in [0.2, 0.25) is 0 Å². The lowest BCUT2D eigenvalue weighted by molar-refractivity contribution is 0.215. The second-order valence-corrected chi connectivity index (χ2v) is 8.31. The molecule has 0 nitrogen and oxygen atoms in total. The maximum Gasteiger partial charge on any atom is -0.0233 e. The van der Waals surface area contributed by atoms with Gasteiger partial charge in [-0.3, -0.25) is 0 Å². The Hall–Kier alpha value is -0.260. The summed E-state index contributed by atoms with van der Waals surface area (Å²) in [6.45, 7) is 2.25. The average molecular weight is 289 g/mol. The van der Waals surface area contributed by atoms with Crippen LogP contribution in [0.4, 0.5) is 0 Å². The molecule has 0 heteroatoms. The first kappa shape index (κ1) is 15.6. The maximum atomic E-state index is 2.50. The topological polar surface area (TPSA) is 0 Å². The van der Waals surface area contributed by atoms with Gasteiger partial charge in [-0.1, -0.05) is 44.8 Å². The molecule has 3 aliphatic carbocycles. The lowest BCUT2D eigenvalue weighted by atomic mass is 9.75. The van der Waals surface area contributed by atoms with Crippen molar-refractivity contribution in [3.8, 4) is 0 Å². The Morgan fingerprint density at radius 2 is 1.14 bits per heavy atom. The first-order valence-electron chi connectivity index (χ1n) is 10.0. The summed E-state index contributed by atoms with van der Waals surface area (Å²) < 4.78 is 0. The van der Waals surface area contributed by atoms with Gasteiger partial charge in [0, 0.05) is 0 Å². The number of hydrogen-bond acceptors (Lipinski definition) is 0. The van der Waals surface area contributed by atoms with E-state index in [1.54, 1.807) is 51.4 Å². The van der Waals surface area contributed by atoms with Crippen LogP contribution in [-0.2, 0) is 0 Å². The minimum absolute atomic E-state index is 0.912. The van der Waals surface area contributed by atoms with Crippen LogP contribution in [0.15, 0.2) is 12.2 Å². The second kappa shape index (κ2) is 7.84. The van der Waals surface area contributed by atoms with E-state index in [0.717, 1.165) is 29.6 Å². The predicted octanol–water partition coefficient (Wildman–Crippen LogP) is 6.76. The predicted molar refractivity (Wildman–Crippen MR) is 92.3 cm³/mol. The van der Waals surface area contributed by atoms with Crippen LogP contribution in [0.5, 0.6) is 0 Å². The Labute approximate surface area is 132 Å². The first-order chi connectivity index (χ1) is 10.3. The number of allylic oxidation sites excluding steroid dienone is 2. The molecule has 3 rings (SSSR count). The van der Waals surface area contributed by atoms with Crippen LogP contribution in [0.3, 0.4) is 0 Å². The minimum Gasteiger partial charge on any atom is -0.0885 e. The highest BCUT2D eigenvalue weighted by molar-refractivity contribution is 4.90. The molecule has 0 spiro atoms. The molecule has 0 aromatic heterocycles. The normalized spacial score (nSPS) is 38.0. The van der Waals surface area contributed by atoms with Crippen LogP contribution in [0.25, 0.3) is 0 Å². The lowest BCUT2D eigenvalue weighted by Crippen LogP contribution is -2.18. The van der Waals surface area contributed by atoms with Crippen molar-refractivity contribution in [3.05, 3.63) is 12.2 Å². The molecule has 21 heavy (non-hydrogen) atoms. The van der Waals surface area contributed by atoms with Crippen molar-refractivity contribution in [2.45, 2.75) is 90.4 Å². The van der Waals surface area contributed by atoms with E-state index in [1.165, 1.54) is 32.1 Å². The molecule has 0 N–H and O–H groups in total. The molecule has 3 saturated carbocycles. The lowest BCUT2D eigenvalue weighted by Gasteiger charge is -2.31. The van der Waals surface area contributed by atoms with Crippen molar-refractivity contribution in [2.75, 3.05) is 0 Å². The van der Waals surface area contributed by atoms with Crippen molar-refractivity contribution in [2.24, 2.45) is 29.6 Å². The molecular weight excluding hydrogens is 252 g/mol. The third kappa shape index (κ3) is 4.86. The van der Waals surface area contributed by atoms with Gasteiger partial charge >= 0.3 is 0 Å². The molecule has 0 bridgehead atoms. The molecule has 0 saturated heterocycles. The molecule has 3 aliphatic rings. The largest absolute Gasteiger partial charge is 0.0885 e. The van der Waals surface area contributed by atoms with E-state index >= 15 is 0 Å². The summed E-state index contributed by atoms with van der Waals surface area (Å²) in [7, 11) is 0. The van der Waals surface area contributed by atoms with Crippen LogP contribution >= 0.6 is 0 Å². The second-order valence-electron chi connectivity index (χ2n) is 8.31. The quantitative estimate of drug-likeness (QED) is 0.474. The third-order valence-electron chi connectivity index (χ3n) is 6.70. The zero-order valence-electron chi connectivity index (χ0n) is 14.2. The molecule has 0 radical (unpaired) electrons.